The highest BCUT2D eigenvalue weighted by Gasteiger charge is 2.17. The number of halogens is 2. The maximum absolute atomic E-state index is 13.0. The van der Waals surface area contributed by atoms with Gasteiger partial charge in [-0.15, -0.1) is 0 Å². The first-order chi connectivity index (χ1) is 6.56. The van der Waals surface area contributed by atoms with Crippen molar-refractivity contribution in [3.63, 3.8) is 0 Å². The summed E-state index contributed by atoms with van der Waals surface area (Å²) >= 11 is 0. The molecule has 6 heteroatoms. The summed E-state index contributed by atoms with van der Waals surface area (Å²) in [5, 5.41) is 18.4. The maximum atomic E-state index is 13.0. The fourth-order valence-corrected chi connectivity index (χ4v) is 0.938. The number of nitriles is 1. The van der Waals surface area contributed by atoms with E-state index in [1.807, 2.05) is 0 Å². The Hall–Kier alpha value is -2.03. The number of nitro benzene ring substituents is 1. The minimum Gasteiger partial charge on any atom is -0.258 e. The SMILES string of the molecule is N#CCc1cc(F)c([N+](=O)[O-])cc1F. The Morgan fingerprint density at radius 1 is 1.43 bits per heavy atom. The van der Waals surface area contributed by atoms with Crippen LogP contribution in [0.2, 0.25) is 0 Å². The van der Waals surface area contributed by atoms with E-state index >= 15 is 0 Å². The van der Waals surface area contributed by atoms with Crippen molar-refractivity contribution >= 4 is 5.69 Å². The van der Waals surface area contributed by atoms with Crippen LogP contribution in [0.25, 0.3) is 0 Å². The molecule has 0 unspecified atom stereocenters. The molecular formula is C8H4F2N2O2. The molecule has 0 N–H and O–H groups in total. The lowest BCUT2D eigenvalue weighted by molar-refractivity contribution is -0.387. The molecule has 0 atom stereocenters. The summed E-state index contributed by atoms with van der Waals surface area (Å²) in [4.78, 5) is 9.16. The van der Waals surface area contributed by atoms with Crippen molar-refractivity contribution in [3.8, 4) is 6.07 Å². The smallest absolute Gasteiger partial charge is 0.258 e. The van der Waals surface area contributed by atoms with E-state index in [0.717, 1.165) is 0 Å². The third-order valence-corrected chi connectivity index (χ3v) is 1.58. The van der Waals surface area contributed by atoms with Gasteiger partial charge in [0, 0.05) is 5.56 Å². The molecule has 0 aliphatic carbocycles. The summed E-state index contributed by atoms with van der Waals surface area (Å²) in [6, 6.07) is 2.76. The van der Waals surface area contributed by atoms with Crippen LogP contribution in [-0.2, 0) is 6.42 Å². The van der Waals surface area contributed by atoms with Crippen molar-refractivity contribution in [3.05, 3.63) is 39.4 Å². The molecule has 0 aliphatic rings. The average molecular weight is 198 g/mol. The molecule has 0 heterocycles. The van der Waals surface area contributed by atoms with E-state index in [1.165, 1.54) is 0 Å². The molecule has 0 amide bonds. The molecule has 0 aliphatic heterocycles. The zero-order chi connectivity index (χ0) is 10.7. The maximum Gasteiger partial charge on any atom is 0.307 e. The molecule has 0 bridgehead atoms. The van der Waals surface area contributed by atoms with Gasteiger partial charge in [-0.2, -0.15) is 9.65 Å². The molecule has 72 valence electrons. The lowest BCUT2D eigenvalue weighted by Crippen LogP contribution is -1.97. The fourth-order valence-electron chi connectivity index (χ4n) is 0.938. The Morgan fingerprint density at radius 3 is 2.57 bits per heavy atom. The van der Waals surface area contributed by atoms with Gasteiger partial charge in [0.15, 0.2) is 0 Å². The minimum atomic E-state index is -1.14. The summed E-state index contributed by atoms with van der Waals surface area (Å²) in [7, 11) is 0. The predicted molar refractivity (Wildman–Crippen MR) is 42.3 cm³/mol. The van der Waals surface area contributed by atoms with Crippen molar-refractivity contribution in [2.75, 3.05) is 0 Å². The molecule has 0 saturated carbocycles. The van der Waals surface area contributed by atoms with Gasteiger partial charge < -0.3 is 0 Å². The molecule has 14 heavy (non-hydrogen) atoms. The molecule has 1 aromatic rings. The van der Waals surface area contributed by atoms with E-state index in [-0.39, 0.29) is 12.0 Å². The van der Waals surface area contributed by atoms with Gasteiger partial charge in [0.2, 0.25) is 5.82 Å². The first-order valence-corrected chi connectivity index (χ1v) is 3.55. The molecule has 4 nitrogen and oxygen atoms in total. The van der Waals surface area contributed by atoms with Gasteiger partial charge in [-0.05, 0) is 6.07 Å². The second-order valence-corrected chi connectivity index (χ2v) is 2.49. The molecule has 0 saturated heterocycles. The van der Waals surface area contributed by atoms with Crippen LogP contribution in [0.3, 0.4) is 0 Å². The number of benzene rings is 1. The van der Waals surface area contributed by atoms with Gasteiger partial charge in [-0.3, -0.25) is 10.1 Å². The zero-order valence-electron chi connectivity index (χ0n) is 6.83. The molecule has 0 spiro atoms. The number of nitrogens with zero attached hydrogens (tertiary/aromatic N) is 2. The van der Waals surface area contributed by atoms with E-state index < -0.39 is 22.2 Å². The summed E-state index contributed by atoms with van der Waals surface area (Å²) in [6.45, 7) is 0. The monoisotopic (exact) mass is 198 g/mol. The molecule has 0 fully saturated rings. The highest BCUT2D eigenvalue weighted by molar-refractivity contribution is 5.37. The second-order valence-electron chi connectivity index (χ2n) is 2.49. The van der Waals surface area contributed by atoms with E-state index in [4.69, 9.17) is 5.26 Å². The third-order valence-electron chi connectivity index (χ3n) is 1.58. The first-order valence-electron chi connectivity index (χ1n) is 3.55. The second kappa shape index (κ2) is 3.79. The molecular weight excluding hydrogens is 194 g/mol. The van der Waals surface area contributed by atoms with Gasteiger partial charge in [0.25, 0.3) is 0 Å². The summed E-state index contributed by atoms with van der Waals surface area (Å²) in [6.07, 6.45) is -0.319. The minimum absolute atomic E-state index is 0.185. The molecule has 0 radical (unpaired) electrons. The standard InChI is InChI=1S/C8H4F2N2O2/c9-6-4-8(12(13)14)7(10)3-5(6)1-2-11/h3-4H,1H2. The van der Waals surface area contributed by atoms with Crippen LogP contribution < -0.4 is 0 Å². The largest absolute Gasteiger partial charge is 0.307 e. The topological polar surface area (TPSA) is 66.9 Å². The van der Waals surface area contributed by atoms with E-state index in [9.17, 15) is 18.9 Å². The normalized spacial score (nSPS) is 9.50. The number of rotatable bonds is 2. The number of hydrogen-bond acceptors (Lipinski definition) is 3. The van der Waals surface area contributed by atoms with Crippen LogP contribution in [0, 0.1) is 33.1 Å². The quantitative estimate of drug-likeness (QED) is 0.538. The Bertz CT molecular complexity index is 426. The first kappa shape index (κ1) is 10.1. The highest BCUT2D eigenvalue weighted by atomic mass is 19.1. The van der Waals surface area contributed by atoms with Crippen LogP contribution in [0.4, 0.5) is 14.5 Å². The third kappa shape index (κ3) is 1.82. The van der Waals surface area contributed by atoms with Crippen LogP contribution in [0.1, 0.15) is 5.56 Å². The number of hydrogen-bond donors (Lipinski definition) is 0. The Morgan fingerprint density at radius 2 is 2.07 bits per heavy atom. The van der Waals surface area contributed by atoms with Gasteiger partial charge in [-0.1, -0.05) is 0 Å². The van der Waals surface area contributed by atoms with E-state index in [0.29, 0.717) is 12.1 Å². The zero-order valence-corrected chi connectivity index (χ0v) is 6.83. The fraction of sp³-hybridized carbons (Fsp3) is 0.125. The predicted octanol–water partition coefficient (Wildman–Crippen LogP) is 1.94. The van der Waals surface area contributed by atoms with Crippen LogP contribution in [0.5, 0.6) is 0 Å². The molecule has 1 rings (SSSR count). The molecule has 0 aromatic heterocycles. The lowest BCUT2D eigenvalue weighted by atomic mass is 10.1. The Kier molecular flexibility index (Phi) is 2.72. The average Bonchev–Trinajstić information content (AvgIpc) is 2.10. The van der Waals surface area contributed by atoms with Gasteiger partial charge >= 0.3 is 5.69 Å². The molecule has 1 aromatic carbocycles. The van der Waals surface area contributed by atoms with Crippen LogP contribution in [-0.4, -0.2) is 4.92 Å². The summed E-state index contributed by atoms with van der Waals surface area (Å²) in [5.41, 5.74) is -1.11. The van der Waals surface area contributed by atoms with Crippen molar-refractivity contribution in [1.82, 2.24) is 0 Å². The highest BCUT2D eigenvalue weighted by Crippen LogP contribution is 2.21. The Balaban J connectivity index is 3.25. The van der Waals surface area contributed by atoms with Gasteiger partial charge in [-0.25, -0.2) is 4.39 Å². The van der Waals surface area contributed by atoms with E-state index in [1.54, 1.807) is 6.07 Å². The van der Waals surface area contributed by atoms with E-state index in [2.05, 4.69) is 0 Å². The van der Waals surface area contributed by atoms with Crippen molar-refractivity contribution < 1.29 is 13.7 Å². The lowest BCUT2D eigenvalue weighted by Gasteiger charge is -1.98. The van der Waals surface area contributed by atoms with Crippen molar-refractivity contribution in [2.45, 2.75) is 6.42 Å². The van der Waals surface area contributed by atoms with Crippen molar-refractivity contribution in [2.24, 2.45) is 0 Å². The number of nitro groups is 1. The van der Waals surface area contributed by atoms with Gasteiger partial charge in [0.05, 0.1) is 23.5 Å². The van der Waals surface area contributed by atoms with Crippen molar-refractivity contribution in [1.29, 1.82) is 5.26 Å². The van der Waals surface area contributed by atoms with Crippen LogP contribution >= 0.6 is 0 Å². The van der Waals surface area contributed by atoms with Gasteiger partial charge in [0.1, 0.15) is 5.82 Å². The summed E-state index contributed by atoms with van der Waals surface area (Å²) < 4.78 is 25.8. The van der Waals surface area contributed by atoms with Crippen LogP contribution in [0.15, 0.2) is 12.1 Å². The summed E-state index contributed by atoms with van der Waals surface area (Å²) in [5.74, 6) is -2.08. The Labute approximate surface area is 77.5 Å².